The summed E-state index contributed by atoms with van der Waals surface area (Å²) in [7, 11) is 0. The molecule has 0 aliphatic carbocycles. The lowest BCUT2D eigenvalue weighted by Gasteiger charge is -2.29. The van der Waals surface area contributed by atoms with Crippen LogP contribution in [0, 0.1) is 0 Å². The van der Waals surface area contributed by atoms with Crippen LogP contribution in [0.4, 0.5) is 0 Å². The third-order valence-corrected chi connectivity index (χ3v) is 5.89. The molecule has 8 heteroatoms. The van der Waals surface area contributed by atoms with Crippen molar-refractivity contribution in [3.05, 3.63) is 99.8 Å². The predicted molar refractivity (Wildman–Crippen MR) is 126 cm³/mol. The van der Waals surface area contributed by atoms with Crippen LogP contribution in [0.25, 0.3) is 0 Å². The maximum absolute atomic E-state index is 13.6. The summed E-state index contributed by atoms with van der Waals surface area (Å²) in [6.07, 6.45) is 2.04. The molecule has 0 radical (unpaired) electrons. The van der Waals surface area contributed by atoms with Gasteiger partial charge >= 0.3 is 0 Å². The van der Waals surface area contributed by atoms with Crippen molar-refractivity contribution in [2.75, 3.05) is 0 Å². The molecule has 0 spiro atoms. The molecule has 3 amide bonds. The number of hydrogen-bond acceptors (Lipinski definition) is 5. The maximum Gasteiger partial charge on any atom is 0.257 e. The highest BCUT2D eigenvalue weighted by Crippen LogP contribution is 2.27. The van der Waals surface area contributed by atoms with Crippen molar-refractivity contribution in [2.45, 2.75) is 32.4 Å². The van der Waals surface area contributed by atoms with Crippen molar-refractivity contribution in [1.29, 1.82) is 0 Å². The molecule has 34 heavy (non-hydrogen) atoms. The van der Waals surface area contributed by atoms with Crippen molar-refractivity contribution in [3.63, 3.8) is 0 Å². The monoisotopic (exact) mass is 475 g/mol. The number of carbonyl (C=O) groups is 4. The topological polar surface area (TPSA) is 96.4 Å². The Morgan fingerprint density at radius 3 is 2.53 bits per heavy atom. The summed E-state index contributed by atoms with van der Waals surface area (Å²) >= 11 is 6.13. The third-order valence-electron chi connectivity index (χ3n) is 5.66. The molecule has 0 saturated carbocycles. The molecule has 2 aromatic carbocycles. The van der Waals surface area contributed by atoms with E-state index in [2.05, 4.69) is 10.3 Å². The van der Waals surface area contributed by atoms with E-state index in [1.54, 1.807) is 59.6 Å². The second kappa shape index (κ2) is 9.97. The Kier molecular flexibility index (Phi) is 6.84. The fourth-order valence-corrected chi connectivity index (χ4v) is 4.20. The average molecular weight is 476 g/mol. The number of hydrogen-bond donors (Lipinski definition) is 1. The van der Waals surface area contributed by atoms with Gasteiger partial charge in [0.1, 0.15) is 0 Å². The minimum atomic E-state index is -0.714. The number of aromatic nitrogens is 1. The number of ketones is 1. The summed E-state index contributed by atoms with van der Waals surface area (Å²) in [6, 6.07) is 16.3. The average Bonchev–Trinajstić information content (AvgIpc) is 2.89. The lowest BCUT2D eigenvalue weighted by molar-refractivity contribution is -0.123. The molecule has 4 rings (SSSR count). The zero-order chi connectivity index (χ0) is 24.2. The Labute approximate surface area is 201 Å². The number of nitrogens with zero attached hydrogens (tertiary/aromatic N) is 2. The van der Waals surface area contributed by atoms with Gasteiger partial charge in [-0.25, -0.2) is 0 Å². The van der Waals surface area contributed by atoms with Crippen LogP contribution in [0.3, 0.4) is 0 Å². The zero-order valence-electron chi connectivity index (χ0n) is 18.5. The van der Waals surface area contributed by atoms with Crippen LogP contribution in [-0.2, 0) is 29.0 Å². The number of carbonyl (C=O) groups excluding carboxylic acids is 4. The second-order valence-electron chi connectivity index (χ2n) is 8.13. The Hall–Kier alpha value is -3.84. The summed E-state index contributed by atoms with van der Waals surface area (Å²) in [5, 5.41) is 2.69. The minimum absolute atomic E-state index is 0.0970. The van der Waals surface area contributed by atoms with E-state index in [4.69, 9.17) is 11.6 Å². The Balaban J connectivity index is 1.67. The summed E-state index contributed by atoms with van der Waals surface area (Å²) in [4.78, 5) is 56.0. The lowest BCUT2D eigenvalue weighted by atomic mass is 9.99. The van der Waals surface area contributed by atoms with Gasteiger partial charge in [-0.15, -0.1) is 0 Å². The molecule has 2 heterocycles. The summed E-state index contributed by atoms with van der Waals surface area (Å²) in [6.45, 7) is 1.43. The standard InChI is InChI=1S/C26H22ClN3O4/c1-16(31)29-25(33)18-7-5-17(6-8-18)15-30-23(14-21-4-2-3-11-28-21)24(32)13-19-12-20(27)9-10-22(19)26(30)34/h2-12,23H,13-15H2,1H3,(H,29,31,33)/t23-/m1/s1. The quantitative estimate of drug-likeness (QED) is 0.610. The number of nitrogens with one attached hydrogen (secondary N) is 1. The van der Waals surface area contributed by atoms with Crippen LogP contribution in [0.2, 0.25) is 5.02 Å². The van der Waals surface area contributed by atoms with Gasteiger partial charge < -0.3 is 4.90 Å². The number of halogens is 1. The Bertz CT molecular complexity index is 1260. The van der Waals surface area contributed by atoms with E-state index in [-0.39, 0.29) is 31.1 Å². The third kappa shape index (κ3) is 5.21. The summed E-state index contributed by atoms with van der Waals surface area (Å²) < 4.78 is 0. The summed E-state index contributed by atoms with van der Waals surface area (Å²) in [5.74, 6) is -1.31. The van der Waals surface area contributed by atoms with Crippen LogP contribution >= 0.6 is 11.6 Å². The van der Waals surface area contributed by atoms with Crippen LogP contribution in [0.15, 0.2) is 66.9 Å². The van der Waals surface area contributed by atoms with Gasteiger partial charge in [0.15, 0.2) is 5.78 Å². The smallest absolute Gasteiger partial charge is 0.257 e. The highest BCUT2D eigenvalue weighted by molar-refractivity contribution is 6.30. The number of rotatable bonds is 5. The first-order chi connectivity index (χ1) is 16.3. The molecule has 1 aromatic heterocycles. The molecule has 0 saturated heterocycles. The molecule has 1 aliphatic heterocycles. The largest absolute Gasteiger partial charge is 0.324 e. The van der Waals surface area contributed by atoms with Crippen molar-refractivity contribution < 1.29 is 19.2 Å². The zero-order valence-corrected chi connectivity index (χ0v) is 19.2. The van der Waals surface area contributed by atoms with E-state index in [1.165, 1.54) is 6.92 Å². The second-order valence-corrected chi connectivity index (χ2v) is 8.56. The first-order valence-electron chi connectivity index (χ1n) is 10.7. The van der Waals surface area contributed by atoms with Gasteiger partial charge in [-0.05, 0) is 53.6 Å². The molecule has 7 nitrogen and oxygen atoms in total. The molecule has 0 unspecified atom stereocenters. The normalized spacial score (nSPS) is 15.5. The summed E-state index contributed by atoms with van der Waals surface area (Å²) in [5.41, 5.74) is 2.82. The predicted octanol–water partition coefficient (Wildman–Crippen LogP) is 3.39. The van der Waals surface area contributed by atoms with Crippen molar-refractivity contribution in [2.24, 2.45) is 0 Å². The van der Waals surface area contributed by atoms with Crippen LogP contribution in [-0.4, -0.2) is 39.4 Å². The van der Waals surface area contributed by atoms with E-state index in [0.717, 1.165) is 5.56 Å². The van der Waals surface area contributed by atoms with E-state index in [1.807, 2.05) is 12.1 Å². The first-order valence-corrected chi connectivity index (χ1v) is 11.1. The number of fused-ring (bicyclic) bond motifs is 1. The van der Waals surface area contributed by atoms with Gasteiger partial charge in [0.05, 0.1) is 6.04 Å². The minimum Gasteiger partial charge on any atom is -0.324 e. The Morgan fingerprint density at radius 2 is 1.85 bits per heavy atom. The molecule has 3 aromatic rings. The van der Waals surface area contributed by atoms with Crippen molar-refractivity contribution in [1.82, 2.24) is 15.2 Å². The van der Waals surface area contributed by atoms with Crippen LogP contribution < -0.4 is 5.32 Å². The number of pyridine rings is 1. The first kappa shape index (κ1) is 23.3. The van der Waals surface area contributed by atoms with E-state index >= 15 is 0 Å². The molecular weight excluding hydrogens is 454 g/mol. The van der Waals surface area contributed by atoms with Gasteiger partial charge in [0.25, 0.3) is 11.8 Å². The highest BCUT2D eigenvalue weighted by Gasteiger charge is 2.35. The number of Topliss-reactive ketones (excluding diaryl/α,β-unsaturated/α-hetero) is 1. The van der Waals surface area contributed by atoms with Crippen LogP contribution in [0.5, 0.6) is 0 Å². The van der Waals surface area contributed by atoms with Crippen LogP contribution in [0.1, 0.15) is 44.5 Å². The van der Waals surface area contributed by atoms with Gasteiger partial charge in [0, 0.05) is 54.4 Å². The number of imide groups is 1. The van der Waals surface area contributed by atoms with Crippen molar-refractivity contribution >= 4 is 35.1 Å². The number of amides is 3. The highest BCUT2D eigenvalue weighted by atomic mass is 35.5. The molecule has 1 aliphatic rings. The molecular formula is C26H22ClN3O4. The molecule has 0 bridgehead atoms. The van der Waals surface area contributed by atoms with E-state index in [0.29, 0.717) is 27.4 Å². The number of benzene rings is 2. The SMILES string of the molecule is CC(=O)NC(=O)c1ccc(CN2C(=O)c3ccc(Cl)cc3CC(=O)[C@H]2Cc2ccccn2)cc1. The van der Waals surface area contributed by atoms with Gasteiger partial charge in [0.2, 0.25) is 5.91 Å². The Morgan fingerprint density at radius 1 is 1.09 bits per heavy atom. The molecule has 0 fully saturated rings. The van der Waals surface area contributed by atoms with E-state index < -0.39 is 17.9 Å². The van der Waals surface area contributed by atoms with Crippen molar-refractivity contribution in [3.8, 4) is 0 Å². The molecule has 1 N–H and O–H groups in total. The van der Waals surface area contributed by atoms with Gasteiger partial charge in [-0.1, -0.05) is 29.8 Å². The van der Waals surface area contributed by atoms with Gasteiger partial charge in [-0.2, -0.15) is 0 Å². The fraction of sp³-hybridized carbons (Fsp3) is 0.192. The molecule has 1 atom stereocenters. The fourth-order valence-electron chi connectivity index (χ4n) is 4.01. The maximum atomic E-state index is 13.6. The lowest BCUT2D eigenvalue weighted by Crippen LogP contribution is -2.45. The van der Waals surface area contributed by atoms with Gasteiger partial charge in [-0.3, -0.25) is 29.5 Å². The van der Waals surface area contributed by atoms with E-state index in [9.17, 15) is 19.2 Å². The molecule has 172 valence electrons.